The van der Waals surface area contributed by atoms with Crippen LogP contribution >= 0.6 is 0 Å². The average Bonchev–Trinajstić information content (AvgIpc) is 2.32. The summed E-state index contributed by atoms with van der Waals surface area (Å²) >= 11 is 0. The molecular weight excluding hydrogens is 210 g/mol. The number of nitrogens with two attached hydrogens (primary N) is 1. The largest absolute Gasteiger partial charge is 0.328 e. The van der Waals surface area contributed by atoms with Crippen LogP contribution in [0.25, 0.3) is 0 Å². The summed E-state index contributed by atoms with van der Waals surface area (Å²) in [5.74, 6) is 0.420. The van der Waals surface area contributed by atoms with E-state index in [2.05, 4.69) is 13.8 Å². The van der Waals surface area contributed by atoms with E-state index in [9.17, 15) is 4.79 Å². The number of hydrogen-bond acceptors (Lipinski definition) is 2. The van der Waals surface area contributed by atoms with Crippen molar-refractivity contribution in [3.05, 3.63) is 34.9 Å². The molecule has 0 spiro atoms. The smallest absolute Gasteiger partial charge is 0.166 e. The highest BCUT2D eigenvalue weighted by molar-refractivity contribution is 5.98. The molecule has 0 heterocycles. The van der Waals surface area contributed by atoms with E-state index in [1.165, 1.54) is 11.1 Å². The Kier molecular flexibility index (Phi) is 3.63. The third-order valence-electron chi connectivity index (χ3n) is 3.88. The molecule has 2 atom stereocenters. The summed E-state index contributed by atoms with van der Waals surface area (Å²) in [6.07, 6.45) is 4.00. The van der Waals surface area contributed by atoms with Gasteiger partial charge in [-0.15, -0.1) is 0 Å². The summed E-state index contributed by atoms with van der Waals surface area (Å²) < 4.78 is 0. The number of rotatable bonds is 2. The Morgan fingerprint density at radius 1 is 1.24 bits per heavy atom. The van der Waals surface area contributed by atoms with Crippen molar-refractivity contribution in [2.45, 2.75) is 45.6 Å². The minimum Gasteiger partial charge on any atom is -0.328 e. The molecule has 2 N–H and O–H groups in total. The van der Waals surface area contributed by atoms with Crippen molar-refractivity contribution in [1.29, 1.82) is 0 Å². The molecule has 1 saturated carbocycles. The molecule has 2 rings (SSSR count). The summed E-state index contributed by atoms with van der Waals surface area (Å²) in [6, 6.07) is 6.21. The maximum atomic E-state index is 12.4. The molecule has 2 unspecified atom stereocenters. The predicted octanol–water partition coefficient (Wildman–Crippen LogP) is 3.00. The van der Waals surface area contributed by atoms with Gasteiger partial charge in [0.2, 0.25) is 0 Å². The Hall–Kier alpha value is -1.15. The van der Waals surface area contributed by atoms with Crippen LogP contribution in [0, 0.1) is 19.8 Å². The van der Waals surface area contributed by atoms with Gasteiger partial charge in [-0.05, 0) is 50.3 Å². The van der Waals surface area contributed by atoms with Gasteiger partial charge >= 0.3 is 0 Å². The highest BCUT2D eigenvalue weighted by atomic mass is 16.1. The van der Waals surface area contributed by atoms with Gasteiger partial charge in [0.15, 0.2) is 5.78 Å². The lowest BCUT2D eigenvalue weighted by Gasteiger charge is -2.25. The zero-order chi connectivity index (χ0) is 12.4. The van der Waals surface area contributed by atoms with Gasteiger partial charge in [-0.25, -0.2) is 0 Å². The molecule has 1 aromatic rings. The number of aryl methyl sites for hydroxylation is 2. The summed E-state index contributed by atoms with van der Waals surface area (Å²) in [5, 5.41) is 0. The number of ketones is 1. The maximum Gasteiger partial charge on any atom is 0.166 e. The Balaban J connectivity index is 2.15. The summed E-state index contributed by atoms with van der Waals surface area (Å²) in [4.78, 5) is 12.4. The van der Waals surface area contributed by atoms with Gasteiger partial charge in [-0.1, -0.05) is 18.6 Å². The maximum absolute atomic E-state index is 12.4. The quantitative estimate of drug-likeness (QED) is 0.795. The molecule has 0 saturated heterocycles. The van der Waals surface area contributed by atoms with Gasteiger partial charge in [0.25, 0.3) is 0 Å². The Morgan fingerprint density at radius 3 is 2.65 bits per heavy atom. The minimum absolute atomic E-state index is 0.140. The second-order valence-electron chi connectivity index (χ2n) is 5.29. The minimum atomic E-state index is 0.140. The summed E-state index contributed by atoms with van der Waals surface area (Å²) in [7, 11) is 0. The van der Waals surface area contributed by atoms with E-state index < -0.39 is 0 Å². The van der Waals surface area contributed by atoms with Crippen LogP contribution in [0.4, 0.5) is 0 Å². The molecule has 0 radical (unpaired) electrons. The van der Waals surface area contributed by atoms with E-state index in [4.69, 9.17) is 5.73 Å². The third-order valence-corrected chi connectivity index (χ3v) is 3.88. The lowest BCUT2D eigenvalue weighted by molar-refractivity contribution is 0.0881. The fourth-order valence-electron chi connectivity index (χ4n) is 2.60. The molecule has 0 bridgehead atoms. The van der Waals surface area contributed by atoms with Crippen LogP contribution in [-0.2, 0) is 0 Å². The van der Waals surface area contributed by atoms with Gasteiger partial charge in [-0.3, -0.25) is 4.79 Å². The monoisotopic (exact) mass is 231 g/mol. The molecule has 0 amide bonds. The van der Waals surface area contributed by atoms with Crippen molar-refractivity contribution in [3.8, 4) is 0 Å². The first kappa shape index (κ1) is 12.3. The topological polar surface area (TPSA) is 43.1 Å². The van der Waals surface area contributed by atoms with Crippen molar-refractivity contribution in [1.82, 2.24) is 0 Å². The number of Topliss-reactive ketones (excluding diaryl/α,β-unsaturated/α-hetero) is 1. The first-order chi connectivity index (χ1) is 8.08. The first-order valence-electron chi connectivity index (χ1n) is 6.45. The van der Waals surface area contributed by atoms with Crippen molar-refractivity contribution in [3.63, 3.8) is 0 Å². The lowest BCUT2D eigenvalue weighted by Crippen LogP contribution is -2.31. The second-order valence-corrected chi connectivity index (χ2v) is 5.29. The van der Waals surface area contributed by atoms with Crippen LogP contribution in [0.2, 0.25) is 0 Å². The molecule has 0 aliphatic heterocycles. The van der Waals surface area contributed by atoms with Gasteiger partial charge in [-0.2, -0.15) is 0 Å². The molecular formula is C15H21NO. The molecule has 0 aromatic heterocycles. The van der Waals surface area contributed by atoms with Gasteiger partial charge in [0, 0.05) is 17.5 Å². The molecule has 1 fully saturated rings. The van der Waals surface area contributed by atoms with E-state index >= 15 is 0 Å². The van der Waals surface area contributed by atoms with Crippen molar-refractivity contribution in [2.75, 3.05) is 0 Å². The number of benzene rings is 1. The van der Waals surface area contributed by atoms with Crippen LogP contribution in [0.5, 0.6) is 0 Å². The summed E-state index contributed by atoms with van der Waals surface area (Å²) in [6.45, 7) is 4.12. The zero-order valence-electron chi connectivity index (χ0n) is 10.7. The number of carbonyl (C=O) groups excluding carboxylic acids is 1. The van der Waals surface area contributed by atoms with Crippen LogP contribution in [0.15, 0.2) is 18.2 Å². The number of hydrogen-bond donors (Lipinski definition) is 1. The standard InChI is InChI=1S/C15H21NO/c1-10-6-7-13(8-11(10)2)15(17)12-4-3-5-14(16)9-12/h6-8,12,14H,3-5,9,16H2,1-2H3. The Labute approximate surface area is 103 Å². The van der Waals surface area contributed by atoms with Crippen LogP contribution < -0.4 is 5.73 Å². The molecule has 1 aliphatic carbocycles. The molecule has 17 heavy (non-hydrogen) atoms. The van der Waals surface area contributed by atoms with Crippen LogP contribution in [0.1, 0.15) is 47.2 Å². The van der Waals surface area contributed by atoms with Gasteiger partial charge in [0.05, 0.1) is 0 Å². The fourth-order valence-corrected chi connectivity index (χ4v) is 2.60. The molecule has 1 aromatic carbocycles. The van der Waals surface area contributed by atoms with Gasteiger partial charge < -0.3 is 5.73 Å². The normalized spacial score (nSPS) is 24.6. The highest BCUT2D eigenvalue weighted by Crippen LogP contribution is 2.27. The van der Waals surface area contributed by atoms with E-state index in [1.807, 2.05) is 18.2 Å². The van der Waals surface area contributed by atoms with Gasteiger partial charge in [0.1, 0.15) is 0 Å². The summed E-state index contributed by atoms with van der Waals surface area (Å²) in [5.41, 5.74) is 9.23. The average molecular weight is 231 g/mol. The van der Waals surface area contributed by atoms with Crippen LogP contribution in [-0.4, -0.2) is 11.8 Å². The Bertz CT molecular complexity index is 425. The van der Waals surface area contributed by atoms with E-state index in [0.29, 0.717) is 0 Å². The zero-order valence-corrected chi connectivity index (χ0v) is 10.7. The SMILES string of the molecule is Cc1ccc(C(=O)C2CCCC(N)C2)cc1C. The molecule has 1 aliphatic rings. The molecule has 2 nitrogen and oxygen atoms in total. The van der Waals surface area contributed by atoms with Crippen LogP contribution in [0.3, 0.4) is 0 Å². The predicted molar refractivity (Wildman–Crippen MR) is 70.2 cm³/mol. The third kappa shape index (κ3) is 2.75. The van der Waals surface area contributed by atoms with Crippen molar-refractivity contribution >= 4 is 5.78 Å². The highest BCUT2D eigenvalue weighted by Gasteiger charge is 2.26. The molecule has 92 valence electrons. The Morgan fingerprint density at radius 2 is 2.00 bits per heavy atom. The van der Waals surface area contributed by atoms with Crippen molar-refractivity contribution in [2.24, 2.45) is 11.7 Å². The van der Waals surface area contributed by atoms with E-state index in [-0.39, 0.29) is 17.7 Å². The fraction of sp³-hybridized carbons (Fsp3) is 0.533. The van der Waals surface area contributed by atoms with E-state index in [0.717, 1.165) is 31.2 Å². The van der Waals surface area contributed by atoms with Crippen molar-refractivity contribution < 1.29 is 4.79 Å². The first-order valence-corrected chi connectivity index (χ1v) is 6.45. The molecule has 2 heteroatoms. The van der Waals surface area contributed by atoms with E-state index in [1.54, 1.807) is 0 Å². The second kappa shape index (κ2) is 5.01. The number of carbonyl (C=O) groups is 1. The lowest BCUT2D eigenvalue weighted by atomic mass is 9.81.